The van der Waals surface area contributed by atoms with Gasteiger partial charge >= 0.3 is 0 Å². The molecule has 0 amide bonds. The van der Waals surface area contributed by atoms with Crippen LogP contribution in [0.25, 0.3) is 0 Å². The van der Waals surface area contributed by atoms with Crippen molar-refractivity contribution in [3.05, 3.63) is 11.5 Å². The molecule has 102 valence electrons. The maximum atomic E-state index is 12.0. The highest BCUT2D eigenvalue weighted by molar-refractivity contribution is 7.99. The van der Waals surface area contributed by atoms with Gasteiger partial charge in [-0.1, -0.05) is 11.6 Å². The monoisotopic (exact) mass is 309 g/mol. The summed E-state index contributed by atoms with van der Waals surface area (Å²) in [6, 6.07) is 0. The van der Waals surface area contributed by atoms with E-state index in [1.807, 2.05) is 11.8 Å². The second-order valence-electron chi connectivity index (χ2n) is 4.36. The van der Waals surface area contributed by atoms with Gasteiger partial charge in [0.1, 0.15) is 5.15 Å². The highest BCUT2D eigenvalue weighted by atomic mass is 35.5. The van der Waals surface area contributed by atoms with Crippen LogP contribution < -0.4 is 4.72 Å². The molecule has 1 aliphatic rings. The van der Waals surface area contributed by atoms with Crippen molar-refractivity contribution in [2.75, 3.05) is 18.1 Å². The number of halogens is 1. The maximum absolute atomic E-state index is 12.0. The molecule has 1 aromatic rings. The van der Waals surface area contributed by atoms with Crippen molar-refractivity contribution in [1.82, 2.24) is 14.3 Å². The number of thioether (sulfide) groups is 1. The van der Waals surface area contributed by atoms with Gasteiger partial charge in [0.25, 0.3) is 10.0 Å². The molecule has 2 rings (SSSR count). The molecule has 1 aliphatic heterocycles. The van der Waals surface area contributed by atoms with Gasteiger partial charge in [-0.15, -0.1) is 0 Å². The molecule has 1 N–H and O–H groups in total. The van der Waals surface area contributed by atoms with E-state index < -0.39 is 10.0 Å². The van der Waals surface area contributed by atoms with Gasteiger partial charge in [0.15, 0.2) is 0 Å². The van der Waals surface area contributed by atoms with Gasteiger partial charge in [-0.3, -0.25) is 0 Å². The fraction of sp³-hybridized carbons (Fsp3) is 0.700. The van der Waals surface area contributed by atoms with Crippen LogP contribution in [0, 0.1) is 5.92 Å². The molecule has 0 aromatic carbocycles. The Morgan fingerprint density at radius 1 is 1.56 bits per heavy atom. The van der Waals surface area contributed by atoms with E-state index in [9.17, 15) is 8.42 Å². The van der Waals surface area contributed by atoms with Gasteiger partial charge in [-0.25, -0.2) is 18.1 Å². The molecule has 0 saturated carbocycles. The van der Waals surface area contributed by atoms with Crippen LogP contribution in [0.2, 0.25) is 5.15 Å². The van der Waals surface area contributed by atoms with Crippen LogP contribution in [0.5, 0.6) is 0 Å². The third-order valence-corrected chi connectivity index (χ3v) is 5.95. The zero-order chi connectivity index (χ0) is 13.2. The standard InChI is InChI=1S/C10H16ClN3O2S2/c1-14-7-12-10(9(14)11)18(15,16)13-6-8-2-4-17-5-3-8/h7-8,13H,2-6H2,1H3. The molecule has 0 spiro atoms. The first kappa shape index (κ1) is 14.2. The minimum atomic E-state index is -3.59. The number of sulfonamides is 1. The predicted octanol–water partition coefficient (Wildman–Crippen LogP) is 1.49. The topological polar surface area (TPSA) is 64.0 Å². The first-order valence-corrected chi connectivity index (χ1v) is 8.76. The Bertz CT molecular complexity index is 509. The second kappa shape index (κ2) is 5.81. The molecule has 0 unspecified atom stereocenters. The van der Waals surface area contributed by atoms with Crippen molar-refractivity contribution in [1.29, 1.82) is 0 Å². The Balaban J connectivity index is 2.01. The molecular weight excluding hydrogens is 294 g/mol. The zero-order valence-corrected chi connectivity index (χ0v) is 12.5. The summed E-state index contributed by atoms with van der Waals surface area (Å²) in [6.07, 6.45) is 3.51. The Kier molecular flexibility index (Phi) is 4.58. The first-order chi connectivity index (χ1) is 8.50. The fourth-order valence-electron chi connectivity index (χ4n) is 1.82. The van der Waals surface area contributed by atoms with Crippen molar-refractivity contribution in [2.24, 2.45) is 13.0 Å². The smallest absolute Gasteiger partial charge is 0.261 e. The van der Waals surface area contributed by atoms with Gasteiger partial charge in [-0.2, -0.15) is 11.8 Å². The molecule has 0 bridgehead atoms. The van der Waals surface area contributed by atoms with Crippen molar-refractivity contribution >= 4 is 33.4 Å². The van der Waals surface area contributed by atoms with E-state index >= 15 is 0 Å². The van der Waals surface area contributed by atoms with E-state index in [0.29, 0.717) is 12.5 Å². The van der Waals surface area contributed by atoms with Crippen LogP contribution in [0.3, 0.4) is 0 Å². The SMILES string of the molecule is Cn1cnc(S(=O)(=O)NCC2CCSCC2)c1Cl. The largest absolute Gasteiger partial charge is 0.324 e. The first-order valence-electron chi connectivity index (χ1n) is 5.75. The van der Waals surface area contributed by atoms with Gasteiger partial charge in [-0.05, 0) is 30.3 Å². The number of hydrogen-bond donors (Lipinski definition) is 1. The molecule has 0 aliphatic carbocycles. The fourth-order valence-corrected chi connectivity index (χ4v) is 4.57. The number of aryl methyl sites for hydroxylation is 1. The summed E-state index contributed by atoms with van der Waals surface area (Å²) in [6.45, 7) is 0.468. The zero-order valence-electron chi connectivity index (χ0n) is 10.1. The highest BCUT2D eigenvalue weighted by Gasteiger charge is 2.24. The molecule has 0 atom stereocenters. The summed E-state index contributed by atoms with van der Waals surface area (Å²) in [7, 11) is -1.93. The van der Waals surface area contributed by atoms with E-state index in [-0.39, 0.29) is 10.2 Å². The third-order valence-electron chi connectivity index (χ3n) is 2.99. The van der Waals surface area contributed by atoms with Crippen LogP contribution in [-0.2, 0) is 17.1 Å². The molecule has 2 heterocycles. The summed E-state index contributed by atoms with van der Waals surface area (Å²) < 4.78 is 28.1. The number of nitrogens with one attached hydrogen (secondary N) is 1. The molecule has 1 fully saturated rings. The molecular formula is C10H16ClN3O2S2. The third kappa shape index (κ3) is 3.20. The summed E-state index contributed by atoms with van der Waals surface area (Å²) in [5.41, 5.74) is 0. The van der Waals surface area contributed by atoms with Crippen LogP contribution in [-0.4, -0.2) is 36.0 Å². The number of nitrogens with zero attached hydrogens (tertiary/aromatic N) is 2. The maximum Gasteiger partial charge on any atom is 0.261 e. The van der Waals surface area contributed by atoms with Gasteiger partial charge in [0.2, 0.25) is 5.03 Å². The average molecular weight is 310 g/mol. The quantitative estimate of drug-likeness (QED) is 0.915. The summed E-state index contributed by atoms with van der Waals surface area (Å²) in [5, 5.41) is 0.0542. The second-order valence-corrected chi connectivity index (χ2v) is 7.62. The molecule has 18 heavy (non-hydrogen) atoms. The van der Waals surface area contributed by atoms with Crippen LogP contribution in [0.1, 0.15) is 12.8 Å². The normalized spacial score (nSPS) is 18.1. The van der Waals surface area contributed by atoms with Crippen molar-refractivity contribution in [3.8, 4) is 0 Å². The minimum Gasteiger partial charge on any atom is -0.324 e. The number of imidazole rings is 1. The summed E-state index contributed by atoms with van der Waals surface area (Å²) >= 11 is 7.81. The van der Waals surface area contributed by atoms with Gasteiger partial charge < -0.3 is 4.57 Å². The molecule has 8 heteroatoms. The lowest BCUT2D eigenvalue weighted by Gasteiger charge is -2.21. The number of rotatable bonds is 4. The predicted molar refractivity (Wildman–Crippen MR) is 73.5 cm³/mol. The van der Waals surface area contributed by atoms with Gasteiger partial charge in [0.05, 0.1) is 6.33 Å². The van der Waals surface area contributed by atoms with E-state index in [2.05, 4.69) is 9.71 Å². The minimum absolute atomic E-state index is 0.0862. The van der Waals surface area contributed by atoms with Gasteiger partial charge in [0, 0.05) is 13.6 Å². The Morgan fingerprint density at radius 2 is 2.22 bits per heavy atom. The lowest BCUT2D eigenvalue weighted by Crippen LogP contribution is -2.31. The average Bonchev–Trinajstić information content (AvgIpc) is 2.70. The summed E-state index contributed by atoms with van der Waals surface area (Å²) in [5.74, 6) is 2.64. The number of hydrogen-bond acceptors (Lipinski definition) is 4. The van der Waals surface area contributed by atoms with E-state index in [0.717, 1.165) is 24.3 Å². The van der Waals surface area contributed by atoms with Crippen molar-refractivity contribution < 1.29 is 8.42 Å². The van der Waals surface area contributed by atoms with E-state index in [1.165, 1.54) is 10.9 Å². The van der Waals surface area contributed by atoms with Crippen molar-refractivity contribution in [3.63, 3.8) is 0 Å². The van der Waals surface area contributed by atoms with E-state index in [1.54, 1.807) is 7.05 Å². The van der Waals surface area contributed by atoms with E-state index in [4.69, 9.17) is 11.6 Å². The lowest BCUT2D eigenvalue weighted by atomic mass is 10.0. The molecule has 1 aromatic heterocycles. The van der Waals surface area contributed by atoms with Crippen molar-refractivity contribution in [2.45, 2.75) is 17.9 Å². The Morgan fingerprint density at radius 3 is 2.78 bits per heavy atom. The molecule has 1 saturated heterocycles. The molecule has 0 radical (unpaired) electrons. The number of aromatic nitrogens is 2. The Hall–Kier alpha value is -0.240. The highest BCUT2D eigenvalue weighted by Crippen LogP contribution is 2.23. The van der Waals surface area contributed by atoms with Crippen LogP contribution >= 0.6 is 23.4 Å². The Labute approximate surface area is 116 Å². The lowest BCUT2D eigenvalue weighted by molar-refractivity contribution is 0.476. The van der Waals surface area contributed by atoms with Crippen LogP contribution in [0.4, 0.5) is 0 Å². The van der Waals surface area contributed by atoms with Crippen LogP contribution in [0.15, 0.2) is 11.4 Å². The summed E-state index contributed by atoms with van der Waals surface area (Å²) in [4.78, 5) is 3.83. The molecule has 5 nitrogen and oxygen atoms in total.